The molecular formula is C26H34N4O4S. The van der Waals surface area contributed by atoms with Gasteiger partial charge in [0.1, 0.15) is 17.6 Å². The van der Waals surface area contributed by atoms with Crippen molar-refractivity contribution in [1.82, 2.24) is 14.5 Å². The number of rotatable bonds is 7. The van der Waals surface area contributed by atoms with Crippen LogP contribution in [-0.2, 0) is 21.4 Å². The van der Waals surface area contributed by atoms with Gasteiger partial charge in [-0.2, -0.15) is 0 Å². The molecule has 2 aromatic rings. The number of fused-ring (bicyclic) bond motifs is 1. The van der Waals surface area contributed by atoms with Gasteiger partial charge in [-0.3, -0.25) is 19.4 Å². The Balaban J connectivity index is 1.48. The summed E-state index contributed by atoms with van der Waals surface area (Å²) in [6.45, 7) is 7.81. The van der Waals surface area contributed by atoms with E-state index in [0.717, 1.165) is 38.2 Å². The second-order valence-corrected chi connectivity index (χ2v) is 10.9. The van der Waals surface area contributed by atoms with E-state index in [0.29, 0.717) is 18.7 Å². The Morgan fingerprint density at radius 2 is 1.83 bits per heavy atom. The minimum Gasteiger partial charge on any atom is -0.497 e. The van der Waals surface area contributed by atoms with Crippen molar-refractivity contribution in [3.8, 4) is 5.75 Å². The molecule has 0 unspecified atom stereocenters. The highest BCUT2D eigenvalue weighted by molar-refractivity contribution is 7.90. The standard InChI is InChI=1S/C26H34N4O4S/c1-4-19(2)24(27-25-22-8-5-6-9-23(22)35(32,33)28-25)26(31)30-15-7-14-29(16-17-30)18-20-10-12-21(34-3)13-11-20/h5-6,8-13,19,24H,4,7,14-18H2,1-3H3,(H,27,28)/t19-,24-/m0/s1. The molecule has 1 amide bonds. The van der Waals surface area contributed by atoms with Gasteiger partial charge in [0.25, 0.3) is 10.0 Å². The summed E-state index contributed by atoms with van der Waals surface area (Å²) >= 11 is 0. The van der Waals surface area contributed by atoms with Crippen molar-refractivity contribution in [3.05, 3.63) is 59.7 Å². The van der Waals surface area contributed by atoms with Crippen LogP contribution in [0.3, 0.4) is 0 Å². The predicted octanol–water partition coefficient (Wildman–Crippen LogP) is 2.88. The maximum Gasteiger partial charge on any atom is 0.263 e. The molecule has 2 aromatic carbocycles. The van der Waals surface area contributed by atoms with Crippen molar-refractivity contribution in [2.24, 2.45) is 10.9 Å². The summed E-state index contributed by atoms with van der Waals surface area (Å²) in [5.74, 6) is 1.04. The number of hydrogen-bond donors (Lipinski definition) is 1. The van der Waals surface area contributed by atoms with Gasteiger partial charge in [-0.1, -0.05) is 44.5 Å². The number of amides is 1. The van der Waals surface area contributed by atoms with E-state index >= 15 is 0 Å². The van der Waals surface area contributed by atoms with Crippen molar-refractivity contribution >= 4 is 21.8 Å². The third kappa shape index (κ3) is 5.67. The van der Waals surface area contributed by atoms with Crippen LogP contribution in [0.25, 0.3) is 0 Å². The minimum atomic E-state index is -3.65. The fourth-order valence-electron chi connectivity index (χ4n) is 4.54. The smallest absolute Gasteiger partial charge is 0.263 e. The highest BCUT2D eigenvalue weighted by Gasteiger charge is 2.34. The normalized spacial score (nSPS) is 20.5. The van der Waals surface area contributed by atoms with Crippen molar-refractivity contribution in [2.45, 2.75) is 44.2 Å². The molecule has 0 aromatic heterocycles. The zero-order valence-electron chi connectivity index (χ0n) is 20.6. The quantitative estimate of drug-likeness (QED) is 0.634. The first-order valence-corrected chi connectivity index (χ1v) is 13.6. The Morgan fingerprint density at radius 3 is 2.54 bits per heavy atom. The first kappa shape index (κ1) is 25.2. The van der Waals surface area contributed by atoms with Crippen LogP contribution in [-0.4, -0.2) is 69.3 Å². The van der Waals surface area contributed by atoms with Crippen molar-refractivity contribution in [3.63, 3.8) is 0 Å². The van der Waals surface area contributed by atoms with Gasteiger partial charge in [0.15, 0.2) is 0 Å². The predicted molar refractivity (Wildman–Crippen MR) is 136 cm³/mol. The minimum absolute atomic E-state index is 0.0223. The van der Waals surface area contributed by atoms with Gasteiger partial charge in [0.2, 0.25) is 5.91 Å². The Labute approximate surface area is 208 Å². The molecule has 2 aliphatic heterocycles. The monoisotopic (exact) mass is 498 g/mol. The summed E-state index contributed by atoms with van der Waals surface area (Å²) < 4.78 is 32.8. The second kappa shape index (κ2) is 10.8. The number of nitrogens with zero attached hydrogens (tertiary/aromatic N) is 3. The molecule has 2 heterocycles. The highest BCUT2D eigenvalue weighted by atomic mass is 32.2. The average Bonchev–Trinajstić information content (AvgIpc) is 2.99. The molecule has 0 saturated carbocycles. The molecule has 2 atom stereocenters. The Hall–Kier alpha value is -2.91. The first-order chi connectivity index (χ1) is 16.8. The summed E-state index contributed by atoms with van der Waals surface area (Å²) in [5, 5.41) is 0. The highest BCUT2D eigenvalue weighted by Crippen LogP contribution is 2.25. The van der Waals surface area contributed by atoms with Crippen LogP contribution in [0.2, 0.25) is 0 Å². The summed E-state index contributed by atoms with van der Waals surface area (Å²) in [6, 6.07) is 14.2. The van der Waals surface area contributed by atoms with E-state index in [-0.39, 0.29) is 22.6 Å². The van der Waals surface area contributed by atoms with Gasteiger partial charge in [-0.05, 0) is 42.2 Å². The molecule has 1 N–H and O–H groups in total. The molecule has 0 spiro atoms. The number of sulfonamides is 1. The number of carbonyl (C=O) groups excluding carboxylic acids is 1. The first-order valence-electron chi connectivity index (χ1n) is 12.2. The lowest BCUT2D eigenvalue weighted by atomic mass is 9.98. The molecule has 1 saturated heterocycles. The Kier molecular flexibility index (Phi) is 7.76. The maximum atomic E-state index is 13.7. The topological polar surface area (TPSA) is 91.3 Å². The van der Waals surface area contributed by atoms with Crippen LogP contribution in [0.5, 0.6) is 5.75 Å². The lowest BCUT2D eigenvalue weighted by Crippen LogP contribution is -2.44. The zero-order chi connectivity index (χ0) is 25.0. The van der Waals surface area contributed by atoms with Crippen LogP contribution in [0, 0.1) is 5.92 Å². The fraction of sp³-hybridized carbons (Fsp3) is 0.462. The summed E-state index contributed by atoms with van der Waals surface area (Å²) in [5.41, 5.74) is 1.73. The molecule has 8 nitrogen and oxygen atoms in total. The Bertz CT molecular complexity index is 1180. The number of hydrogen-bond acceptors (Lipinski definition) is 6. The van der Waals surface area contributed by atoms with Crippen molar-refractivity contribution < 1.29 is 17.9 Å². The van der Waals surface area contributed by atoms with Gasteiger partial charge in [0, 0.05) is 38.3 Å². The van der Waals surface area contributed by atoms with Gasteiger partial charge in [0.05, 0.1) is 12.0 Å². The van der Waals surface area contributed by atoms with Gasteiger partial charge in [-0.15, -0.1) is 0 Å². The van der Waals surface area contributed by atoms with Gasteiger partial charge >= 0.3 is 0 Å². The van der Waals surface area contributed by atoms with Crippen LogP contribution in [0.1, 0.15) is 37.8 Å². The number of aliphatic imine (C=N–C) groups is 1. The van der Waals surface area contributed by atoms with Crippen LogP contribution in [0.15, 0.2) is 58.4 Å². The number of amidine groups is 1. The summed E-state index contributed by atoms with van der Waals surface area (Å²) in [4.78, 5) is 22.8. The lowest BCUT2D eigenvalue weighted by Gasteiger charge is -2.27. The molecule has 1 fully saturated rings. The van der Waals surface area contributed by atoms with Crippen LogP contribution >= 0.6 is 0 Å². The van der Waals surface area contributed by atoms with E-state index in [1.54, 1.807) is 31.4 Å². The summed E-state index contributed by atoms with van der Waals surface area (Å²) in [7, 11) is -1.99. The molecule has 0 aliphatic carbocycles. The molecule has 9 heteroatoms. The van der Waals surface area contributed by atoms with Gasteiger partial charge in [-0.25, -0.2) is 8.42 Å². The molecule has 35 heavy (non-hydrogen) atoms. The SMILES string of the molecule is CC[C@H](C)[C@H](N=C1NS(=O)(=O)c2ccccc21)C(=O)N1CCCN(Cc2ccc(OC)cc2)CC1. The molecule has 0 bridgehead atoms. The average molecular weight is 499 g/mol. The third-order valence-corrected chi connectivity index (χ3v) is 8.23. The molecule has 188 valence electrons. The number of benzene rings is 2. The van der Waals surface area contributed by atoms with Crippen molar-refractivity contribution in [2.75, 3.05) is 33.3 Å². The maximum absolute atomic E-state index is 13.7. The van der Waals surface area contributed by atoms with Gasteiger partial charge < -0.3 is 9.64 Å². The second-order valence-electron chi connectivity index (χ2n) is 9.21. The van der Waals surface area contributed by atoms with E-state index in [9.17, 15) is 13.2 Å². The van der Waals surface area contributed by atoms with Crippen LogP contribution in [0.4, 0.5) is 0 Å². The molecule has 4 rings (SSSR count). The molecular weight excluding hydrogens is 464 g/mol. The largest absolute Gasteiger partial charge is 0.497 e. The number of ether oxygens (including phenoxy) is 1. The van der Waals surface area contributed by atoms with E-state index < -0.39 is 16.1 Å². The van der Waals surface area contributed by atoms with Crippen LogP contribution < -0.4 is 9.46 Å². The number of nitrogens with one attached hydrogen (secondary N) is 1. The van der Waals surface area contributed by atoms with Crippen molar-refractivity contribution in [1.29, 1.82) is 0 Å². The van der Waals surface area contributed by atoms with E-state index in [4.69, 9.17) is 9.73 Å². The lowest BCUT2D eigenvalue weighted by molar-refractivity contribution is -0.133. The van der Waals surface area contributed by atoms with E-state index in [1.807, 2.05) is 30.9 Å². The number of methoxy groups -OCH3 is 1. The molecule has 0 radical (unpaired) electrons. The Morgan fingerprint density at radius 1 is 1.09 bits per heavy atom. The van der Waals surface area contributed by atoms with E-state index in [1.165, 1.54) is 5.56 Å². The third-order valence-electron chi connectivity index (χ3n) is 6.83. The molecule has 2 aliphatic rings. The number of carbonyl (C=O) groups is 1. The fourth-order valence-corrected chi connectivity index (χ4v) is 5.78. The summed E-state index contributed by atoms with van der Waals surface area (Å²) in [6.07, 6.45) is 1.64. The zero-order valence-corrected chi connectivity index (χ0v) is 21.4. The van der Waals surface area contributed by atoms with E-state index in [2.05, 4.69) is 21.8 Å².